The molecule has 0 bridgehead atoms. The van der Waals surface area contributed by atoms with Gasteiger partial charge in [0.15, 0.2) is 0 Å². The average molecular weight is 363 g/mol. The molecule has 2 heterocycles. The van der Waals surface area contributed by atoms with Crippen LogP contribution in [0.2, 0.25) is 0 Å². The summed E-state index contributed by atoms with van der Waals surface area (Å²) in [4.78, 5) is 29.7. The summed E-state index contributed by atoms with van der Waals surface area (Å²) in [6.45, 7) is 6.97. The van der Waals surface area contributed by atoms with Crippen LogP contribution in [0.3, 0.4) is 0 Å². The van der Waals surface area contributed by atoms with E-state index in [1.54, 1.807) is 6.07 Å². The first-order valence-electron chi connectivity index (χ1n) is 8.79. The summed E-state index contributed by atoms with van der Waals surface area (Å²) in [5, 5.41) is 12.2. The van der Waals surface area contributed by atoms with Gasteiger partial charge in [-0.15, -0.1) is 11.8 Å². The van der Waals surface area contributed by atoms with Gasteiger partial charge >= 0.3 is 0 Å². The number of hydrogen-bond donors (Lipinski definition) is 2. The Bertz CT molecular complexity index is 655. The van der Waals surface area contributed by atoms with E-state index in [1.807, 2.05) is 24.0 Å². The SMILES string of the molecule is CC[C@@H](CO)N1CCN(C(=O)c2ccc3c(c2)NC(=O)[C@@H](C)S3)CC1. The monoisotopic (exact) mass is 363 g/mol. The number of hydrogen-bond acceptors (Lipinski definition) is 5. The molecule has 2 amide bonds. The lowest BCUT2D eigenvalue weighted by Crippen LogP contribution is -2.52. The minimum absolute atomic E-state index is 0.00244. The van der Waals surface area contributed by atoms with E-state index < -0.39 is 0 Å². The summed E-state index contributed by atoms with van der Waals surface area (Å²) < 4.78 is 0. The van der Waals surface area contributed by atoms with E-state index in [0.29, 0.717) is 18.7 Å². The van der Waals surface area contributed by atoms with Gasteiger partial charge in [-0.05, 0) is 31.5 Å². The number of anilines is 1. The van der Waals surface area contributed by atoms with Gasteiger partial charge in [-0.3, -0.25) is 14.5 Å². The predicted octanol–water partition coefficient (Wildman–Crippen LogP) is 1.65. The zero-order valence-corrected chi connectivity index (χ0v) is 15.5. The maximum atomic E-state index is 12.8. The number of aliphatic hydroxyl groups is 1. The van der Waals surface area contributed by atoms with Gasteiger partial charge in [-0.1, -0.05) is 6.92 Å². The molecule has 6 nitrogen and oxygen atoms in total. The molecule has 0 aliphatic carbocycles. The molecule has 0 unspecified atom stereocenters. The third kappa shape index (κ3) is 3.83. The Hall–Kier alpha value is -1.57. The number of amides is 2. The molecule has 25 heavy (non-hydrogen) atoms. The molecule has 0 aromatic heterocycles. The van der Waals surface area contributed by atoms with E-state index in [4.69, 9.17) is 0 Å². The van der Waals surface area contributed by atoms with Crippen molar-refractivity contribution < 1.29 is 14.7 Å². The first kappa shape index (κ1) is 18.2. The van der Waals surface area contributed by atoms with Crippen LogP contribution in [0.5, 0.6) is 0 Å². The molecular formula is C18H25N3O3S. The molecule has 0 saturated carbocycles. The number of benzene rings is 1. The molecule has 1 aromatic carbocycles. The normalized spacial score (nSPS) is 22.3. The molecule has 2 aliphatic rings. The zero-order valence-electron chi connectivity index (χ0n) is 14.7. The smallest absolute Gasteiger partial charge is 0.254 e. The average Bonchev–Trinajstić information content (AvgIpc) is 2.63. The van der Waals surface area contributed by atoms with Gasteiger partial charge in [0.2, 0.25) is 5.91 Å². The number of nitrogens with one attached hydrogen (secondary N) is 1. The highest BCUT2D eigenvalue weighted by Gasteiger charge is 2.27. The second kappa shape index (κ2) is 7.76. The van der Waals surface area contributed by atoms with E-state index in [2.05, 4.69) is 17.1 Å². The van der Waals surface area contributed by atoms with Crippen LogP contribution in [0, 0.1) is 0 Å². The molecule has 2 aliphatic heterocycles. The van der Waals surface area contributed by atoms with Crippen LogP contribution in [0.1, 0.15) is 30.6 Å². The van der Waals surface area contributed by atoms with Crippen molar-refractivity contribution in [2.75, 3.05) is 38.1 Å². The summed E-state index contributed by atoms with van der Waals surface area (Å²) in [5.74, 6) is -0.0253. The molecule has 2 atom stereocenters. The van der Waals surface area contributed by atoms with Crippen molar-refractivity contribution in [2.24, 2.45) is 0 Å². The number of carbonyl (C=O) groups excluding carboxylic acids is 2. The Morgan fingerprint density at radius 2 is 2.08 bits per heavy atom. The van der Waals surface area contributed by atoms with E-state index >= 15 is 0 Å². The highest BCUT2D eigenvalue weighted by atomic mass is 32.2. The number of aliphatic hydroxyl groups excluding tert-OH is 1. The van der Waals surface area contributed by atoms with Crippen molar-refractivity contribution in [3.8, 4) is 0 Å². The lowest BCUT2D eigenvalue weighted by Gasteiger charge is -2.38. The van der Waals surface area contributed by atoms with Crippen LogP contribution >= 0.6 is 11.8 Å². The van der Waals surface area contributed by atoms with Crippen molar-refractivity contribution in [1.82, 2.24) is 9.80 Å². The number of nitrogens with zero attached hydrogens (tertiary/aromatic N) is 2. The lowest BCUT2D eigenvalue weighted by molar-refractivity contribution is -0.115. The van der Waals surface area contributed by atoms with Gasteiger partial charge < -0.3 is 15.3 Å². The fourth-order valence-electron chi connectivity index (χ4n) is 3.32. The van der Waals surface area contributed by atoms with Crippen LogP contribution in [0.15, 0.2) is 23.1 Å². The van der Waals surface area contributed by atoms with Crippen LogP contribution < -0.4 is 5.32 Å². The lowest BCUT2D eigenvalue weighted by atomic mass is 10.1. The number of piperazine rings is 1. The molecule has 3 rings (SSSR count). The Kier molecular flexibility index (Phi) is 5.66. The minimum atomic E-state index is -0.111. The van der Waals surface area contributed by atoms with Crippen molar-refractivity contribution in [2.45, 2.75) is 36.5 Å². The molecular weight excluding hydrogens is 338 g/mol. The van der Waals surface area contributed by atoms with Gasteiger partial charge in [0.1, 0.15) is 0 Å². The number of thioether (sulfide) groups is 1. The van der Waals surface area contributed by atoms with Crippen LogP contribution in [0.25, 0.3) is 0 Å². The minimum Gasteiger partial charge on any atom is -0.395 e. The maximum absolute atomic E-state index is 12.8. The van der Waals surface area contributed by atoms with E-state index in [0.717, 1.165) is 30.1 Å². The van der Waals surface area contributed by atoms with Crippen molar-refractivity contribution in [3.05, 3.63) is 23.8 Å². The highest BCUT2D eigenvalue weighted by Crippen LogP contribution is 2.36. The highest BCUT2D eigenvalue weighted by molar-refractivity contribution is 8.00. The van der Waals surface area contributed by atoms with E-state index in [1.165, 1.54) is 11.8 Å². The third-order valence-electron chi connectivity index (χ3n) is 4.96. The van der Waals surface area contributed by atoms with Crippen molar-refractivity contribution in [3.63, 3.8) is 0 Å². The van der Waals surface area contributed by atoms with Crippen LogP contribution in [-0.2, 0) is 4.79 Å². The quantitative estimate of drug-likeness (QED) is 0.851. The zero-order chi connectivity index (χ0) is 18.0. The number of carbonyl (C=O) groups is 2. The van der Waals surface area contributed by atoms with Gasteiger partial charge in [0.25, 0.3) is 5.91 Å². The molecule has 136 valence electrons. The summed E-state index contributed by atoms with van der Waals surface area (Å²) in [6.07, 6.45) is 0.908. The van der Waals surface area contributed by atoms with Gasteiger partial charge in [-0.25, -0.2) is 0 Å². The standard InChI is InChI=1S/C18H25N3O3S/c1-3-14(11-22)20-6-8-21(9-7-20)18(24)13-4-5-16-15(10-13)19-17(23)12(2)25-16/h4-5,10,12,14,22H,3,6-9,11H2,1-2H3,(H,19,23)/t12-,14+/m1/s1. The Morgan fingerprint density at radius 1 is 1.36 bits per heavy atom. The predicted molar refractivity (Wildman–Crippen MR) is 99.0 cm³/mol. The van der Waals surface area contributed by atoms with Crippen molar-refractivity contribution in [1.29, 1.82) is 0 Å². The molecule has 2 N–H and O–H groups in total. The molecule has 0 spiro atoms. The van der Waals surface area contributed by atoms with Gasteiger partial charge in [0, 0.05) is 42.7 Å². The molecule has 1 fully saturated rings. The fourth-order valence-corrected chi connectivity index (χ4v) is 4.25. The summed E-state index contributed by atoms with van der Waals surface area (Å²) in [6, 6.07) is 5.71. The van der Waals surface area contributed by atoms with E-state index in [9.17, 15) is 14.7 Å². The Morgan fingerprint density at radius 3 is 2.72 bits per heavy atom. The Labute approximate surface area is 152 Å². The molecule has 1 aromatic rings. The third-order valence-corrected chi connectivity index (χ3v) is 6.13. The number of fused-ring (bicyclic) bond motifs is 1. The van der Waals surface area contributed by atoms with Crippen LogP contribution in [0.4, 0.5) is 5.69 Å². The topological polar surface area (TPSA) is 72.9 Å². The molecule has 0 radical (unpaired) electrons. The number of rotatable bonds is 4. The summed E-state index contributed by atoms with van der Waals surface area (Å²) >= 11 is 1.52. The second-order valence-corrected chi connectivity index (χ2v) is 7.92. The Balaban J connectivity index is 1.66. The first-order valence-corrected chi connectivity index (χ1v) is 9.67. The summed E-state index contributed by atoms with van der Waals surface area (Å²) in [7, 11) is 0. The van der Waals surface area contributed by atoms with Gasteiger partial charge in [0.05, 0.1) is 17.5 Å². The summed E-state index contributed by atoms with van der Waals surface area (Å²) in [5.41, 5.74) is 1.33. The largest absolute Gasteiger partial charge is 0.395 e. The molecule has 1 saturated heterocycles. The van der Waals surface area contributed by atoms with Crippen molar-refractivity contribution >= 4 is 29.3 Å². The molecule has 7 heteroatoms. The maximum Gasteiger partial charge on any atom is 0.254 e. The van der Waals surface area contributed by atoms with E-state index in [-0.39, 0.29) is 29.7 Å². The fraction of sp³-hybridized carbons (Fsp3) is 0.556. The van der Waals surface area contributed by atoms with Gasteiger partial charge in [-0.2, -0.15) is 0 Å². The second-order valence-electron chi connectivity index (χ2n) is 6.53. The van der Waals surface area contributed by atoms with Crippen LogP contribution in [-0.4, -0.2) is 70.8 Å². The first-order chi connectivity index (χ1) is 12.0.